The lowest BCUT2D eigenvalue weighted by molar-refractivity contribution is 0.714. The molecule has 0 bridgehead atoms. The molecular weight excluding hydrogens is 280 g/mol. The molecule has 3 nitrogen and oxygen atoms in total. The molecule has 0 aliphatic heterocycles. The quantitative estimate of drug-likeness (QED) is 0.883. The van der Waals surface area contributed by atoms with E-state index >= 15 is 0 Å². The van der Waals surface area contributed by atoms with Gasteiger partial charge in [0.25, 0.3) is 5.56 Å². The van der Waals surface area contributed by atoms with E-state index < -0.39 is 0 Å². The van der Waals surface area contributed by atoms with Crippen molar-refractivity contribution in [1.29, 1.82) is 0 Å². The highest BCUT2D eigenvalue weighted by molar-refractivity contribution is 7.80. The largest absolute Gasteiger partial charge is 0.389 e. The fourth-order valence-corrected chi connectivity index (χ4v) is 2.74. The fraction of sp³-hybridized carbons (Fsp3) is 0.294. The smallest absolute Gasteiger partial charge is 0.261 e. The number of benzene rings is 1. The maximum Gasteiger partial charge on any atom is 0.261 e. The Bertz CT molecular complexity index is 742. The molecule has 4 heteroatoms. The van der Waals surface area contributed by atoms with Crippen molar-refractivity contribution < 1.29 is 0 Å². The SMILES string of the molecule is CCc1ccc(-c2ccc(C(N)=S)c(=O)n2C2CC2)cc1. The summed E-state index contributed by atoms with van der Waals surface area (Å²) in [6, 6.07) is 12.4. The van der Waals surface area contributed by atoms with Gasteiger partial charge in [-0.25, -0.2) is 0 Å². The van der Waals surface area contributed by atoms with Crippen molar-refractivity contribution in [2.45, 2.75) is 32.2 Å². The van der Waals surface area contributed by atoms with Crippen molar-refractivity contribution in [3.8, 4) is 11.3 Å². The second-order valence-electron chi connectivity index (χ2n) is 5.45. The number of aromatic nitrogens is 1. The predicted molar refractivity (Wildman–Crippen MR) is 89.7 cm³/mol. The standard InChI is InChI=1S/C17H18N2OS/c1-2-11-3-5-12(6-4-11)15-10-9-14(16(18)21)17(20)19(15)13-7-8-13/h3-6,9-10,13H,2,7-8H2,1H3,(H2,18,21). The van der Waals surface area contributed by atoms with Crippen LogP contribution in [0.2, 0.25) is 0 Å². The van der Waals surface area contributed by atoms with Gasteiger partial charge in [-0.15, -0.1) is 0 Å². The molecule has 2 N–H and O–H groups in total. The molecule has 0 spiro atoms. The fourth-order valence-electron chi connectivity index (χ4n) is 2.58. The van der Waals surface area contributed by atoms with Crippen LogP contribution in [0, 0.1) is 0 Å². The number of nitrogens with zero attached hydrogens (tertiary/aromatic N) is 1. The van der Waals surface area contributed by atoms with Gasteiger partial charge in [-0.05, 0) is 42.5 Å². The lowest BCUT2D eigenvalue weighted by Gasteiger charge is -2.14. The number of pyridine rings is 1. The zero-order valence-electron chi connectivity index (χ0n) is 12.0. The highest BCUT2D eigenvalue weighted by Gasteiger charge is 2.28. The van der Waals surface area contributed by atoms with Crippen LogP contribution in [-0.2, 0) is 6.42 Å². The van der Waals surface area contributed by atoms with Crippen molar-refractivity contribution in [2.75, 3.05) is 0 Å². The topological polar surface area (TPSA) is 48.0 Å². The Morgan fingerprint density at radius 3 is 2.43 bits per heavy atom. The van der Waals surface area contributed by atoms with Gasteiger partial charge >= 0.3 is 0 Å². The summed E-state index contributed by atoms with van der Waals surface area (Å²) in [4.78, 5) is 12.8. The second-order valence-corrected chi connectivity index (χ2v) is 5.89. The van der Waals surface area contributed by atoms with Gasteiger partial charge in [-0.2, -0.15) is 0 Å². The van der Waals surface area contributed by atoms with Gasteiger partial charge in [0.2, 0.25) is 0 Å². The number of aryl methyl sites for hydroxylation is 1. The Labute approximate surface area is 129 Å². The first-order valence-corrected chi connectivity index (χ1v) is 7.67. The third-order valence-corrected chi connectivity index (χ3v) is 4.17. The van der Waals surface area contributed by atoms with Crippen LogP contribution in [0.15, 0.2) is 41.2 Å². The molecule has 1 heterocycles. The number of rotatable bonds is 4. The van der Waals surface area contributed by atoms with E-state index in [4.69, 9.17) is 18.0 Å². The third kappa shape index (κ3) is 2.63. The number of nitrogens with two attached hydrogens (primary N) is 1. The van der Waals surface area contributed by atoms with Gasteiger partial charge in [0.15, 0.2) is 0 Å². The van der Waals surface area contributed by atoms with Crippen LogP contribution in [-0.4, -0.2) is 9.56 Å². The molecule has 1 aromatic heterocycles. The molecule has 1 aromatic carbocycles. The second kappa shape index (κ2) is 5.45. The van der Waals surface area contributed by atoms with Crippen molar-refractivity contribution >= 4 is 17.2 Å². The van der Waals surface area contributed by atoms with E-state index in [1.165, 1.54) is 5.56 Å². The number of thiocarbonyl (C=S) groups is 1. The monoisotopic (exact) mass is 298 g/mol. The molecule has 1 aliphatic carbocycles. The highest BCUT2D eigenvalue weighted by Crippen LogP contribution is 2.37. The van der Waals surface area contributed by atoms with E-state index in [1.807, 2.05) is 10.6 Å². The highest BCUT2D eigenvalue weighted by atomic mass is 32.1. The lowest BCUT2D eigenvalue weighted by Crippen LogP contribution is -2.29. The summed E-state index contributed by atoms with van der Waals surface area (Å²) in [7, 11) is 0. The first kappa shape index (κ1) is 14.0. The maximum atomic E-state index is 12.6. The average Bonchev–Trinajstić information content (AvgIpc) is 3.31. The minimum Gasteiger partial charge on any atom is -0.389 e. The summed E-state index contributed by atoms with van der Waals surface area (Å²) in [5, 5.41) is 0. The van der Waals surface area contributed by atoms with Crippen LogP contribution in [0.5, 0.6) is 0 Å². The Morgan fingerprint density at radius 2 is 1.90 bits per heavy atom. The maximum absolute atomic E-state index is 12.6. The van der Waals surface area contributed by atoms with Gasteiger partial charge in [0, 0.05) is 6.04 Å². The van der Waals surface area contributed by atoms with E-state index in [-0.39, 0.29) is 16.6 Å². The summed E-state index contributed by atoms with van der Waals surface area (Å²) >= 11 is 4.97. The molecule has 2 aromatic rings. The average molecular weight is 298 g/mol. The molecular formula is C17H18N2OS. The zero-order valence-corrected chi connectivity index (χ0v) is 12.8. The van der Waals surface area contributed by atoms with Gasteiger partial charge in [-0.3, -0.25) is 4.79 Å². The molecule has 0 radical (unpaired) electrons. The van der Waals surface area contributed by atoms with Gasteiger partial charge in [0.1, 0.15) is 4.99 Å². The van der Waals surface area contributed by atoms with Gasteiger partial charge < -0.3 is 10.3 Å². The number of hydrogen-bond donors (Lipinski definition) is 1. The van der Waals surface area contributed by atoms with Crippen LogP contribution in [0.25, 0.3) is 11.3 Å². The van der Waals surface area contributed by atoms with E-state index in [0.717, 1.165) is 30.5 Å². The Kier molecular flexibility index (Phi) is 3.64. The first-order valence-electron chi connectivity index (χ1n) is 7.26. The van der Waals surface area contributed by atoms with Crippen LogP contribution >= 0.6 is 12.2 Å². The Hall–Kier alpha value is -1.94. The predicted octanol–water partition coefficient (Wildman–Crippen LogP) is 3.05. The summed E-state index contributed by atoms with van der Waals surface area (Å²) in [6.45, 7) is 2.13. The zero-order chi connectivity index (χ0) is 15.0. The van der Waals surface area contributed by atoms with Crippen LogP contribution in [0.1, 0.15) is 36.9 Å². The summed E-state index contributed by atoms with van der Waals surface area (Å²) in [5.74, 6) is 0. The normalized spacial score (nSPS) is 14.1. The molecule has 0 atom stereocenters. The summed E-state index contributed by atoms with van der Waals surface area (Å²) < 4.78 is 1.86. The third-order valence-electron chi connectivity index (χ3n) is 3.95. The van der Waals surface area contributed by atoms with Gasteiger partial charge in [-0.1, -0.05) is 43.4 Å². The minimum atomic E-state index is -0.0675. The van der Waals surface area contributed by atoms with Gasteiger partial charge in [0.05, 0.1) is 11.3 Å². The molecule has 0 unspecified atom stereocenters. The van der Waals surface area contributed by atoms with Crippen molar-refractivity contribution in [3.63, 3.8) is 0 Å². The van der Waals surface area contributed by atoms with E-state index in [9.17, 15) is 4.79 Å². The van der Waals surface area contributed by atoms with Crippen molar-refractivity contribution in [1.82, 2.24) is 4.57 Å². The number of hydrogen-bond acceptors (Lipinski definition) is 2. The lowest BCUT2D eigenvalue weighted by atomic mass is 10.1. The molecule has 3 rings (SSSR count). The van der Waals surface area contributed by atoms with Crippen LogP contribution in [0.4, 0.5) is 0 Å². The summed E-state index contributed by atoms with van der Waals surface area (Å²) in [6.07, 6.45) is 3.09. The molecule has 108 valence electrons. The van der Waals surface area contributed by atoms with E-state index in [2.05, 4.69) is 31.2 Å². The van der Waals surface area contributed by atoms with Crippen molar-refractivity contribution in [3.05, 3.63) is 57.9 Å². The van der Waals surface area contributed by atoms with E-state index in [1.54, 1.807) is 6.07 Å². The summed E-state index contributed by atoms with van der Waals surface area (Å²) in [5.41, 5.74) is 9.32. The van der Waals surface area contributed by atoms with E-state index in [0.29, 0.717) is 5.56 Å². The molecule has 1 fully saturated rings. The Balaban J connectivity index is 2.15. The Morgan fingerprint density at radius 1 is 1.24 bits per heavy atom. The van der Waals surface area contributed by atoms with Crippen molar-refractivity contribution in [2.24, 2.45) is 5.73 Å². The molecule has 1 saturated carbocycles. The van der Waals surface area contributed by atoms with Crippen LogP contribution < -0.4 is 11.3 Å². The molecule has 0 saturated heterocycles. The molecule has 21 heavy (non-hydrogen) atoms. The minimum absolute atomic E-state index is 0.0675. The first-order chi connectivity index (χ1) is 10.1. The molecule has 1 aliphatic rings. The van der Waals surface area contributed by atoms with Crippen LogP contribution in [0.3, 0.4) is 0 Å². The molecule has 0 amide bonds.